The van der Waals surface area contributed by atoms with Crippen molar-refractivity contribution in [2.75, 3.05) is 7.11 Å². The van der Waals surface area contributed by atoms with Gasteiger partial charge in [-0.1, -0.05) is 0 Å². The maximum absolute atomic E-state index is 11.0. The second-order valence-corrected chi connectivity index (χ2v) is 2.89. The first-order valence-corrected chi connectivity index (χ1v) is 4.47. The summed E-state index contributed by atoms with van der Waals surface area (Å²) in [6.45, 7) is 0. The van der Waals surface area contributed by atoms with Gasteiger partial charge in [-0.15, -0.1) is 5.10 Å². The molecule has 1 rings (SSSR count). The van der Waals surface area contributed by atoms with E-state index in [1.807, 2.05) is 0 Å². The number of nitrogens with one attached hydrogen (secondary N) is 1. The topological polar surface area (TPSA) is 109 Å². The SMILES string of the molecule is COc1nc(C(=O)NS(=O)[O-])nn1C. The summed E-state index contributed by atoms with van der Waals surface area (Å²) in [4.78, 5) is 14.7. The monoisotopic (exact) mass is 219 g/mol. The van der Waals surface area contributed by atoms with Crippen molar-refractivity contribution < 1.29 is 18.3 Å². The highest BCUT2D eigenvalue weighted by Gasteiger charge is 2.14. The fraction of sp³-hybridized carbons (Fsp3) is 0.400. The zero-order valence-electron chi connectivity index (χ0n) is 7.38. The van der Waals surface area contributed by atoms with Gasteiger partial charge in [0.2, 0.25) is 5.82 Å². The van der Waals surface area contributed by atoms with Crippen LogP contribution in [0.15, 0.2) is 0 Å². The van der Waals surface area contributed by atoms with Crippen LogP contribution in [0.2, 0.25) is 0 Å². The van der Waals surface area contributed by atoms with Crippen LogP contribution in [-0.2, 0) is 18.3 Å². The third-order valence-electron chi connectivity index (χ3n) is 1.28. The van der Waals surface area contributed by atoms with Gasteiger partial charge in [-0.2, -0.15) is 4.98 Å². The van der Waals surface area contributed by atoms with Crippen LogP contribution in [0.25, 0.3) is 0 Å². The number of ether oxygens (including phenoxy) is 1. The van der Waals surface area contributed by atoms with Gasteiger partial charge >= 0.3 is 11.9 Å². The van der Waals surface area contributed by atoms with E-state index in [-0.39, 0.29) is 11.8 Å². The predicted octanol–water partition coefficient (Wildman–Crippen LogP) is -1.65. The van der Waals surface area contributed by atoms with E-state index in [0.717, 1.165) is 0 Å². The molecule has 8 nitrogen and oxygen atoms in total. The van der Waals surface area contributed by atoms with Gasteiger partial charge in [0.25, 0.3) is 0 Å². The van der Waals surface area contributed by atoms with Gasteiger partial charge in [0, 0.05) is 18.3 Å². The largest absolute Gasteiger partial charge is 0.755 e. The number of methoxy groups -OCH3 is 1. The van der Waals surface area contributed by atoms with E-state index < -0.39 is 17.2 Å². The quantitative estimate of drug-likeness (QED) is 0.610. The number of hydrogen-bond donors (Lipinski definition) is 1. The molecule has 0 aromatic carbocycles. The molecule has 0 aliphatic rings. The Morgan fingerprint density at radius 2 is 2.36 bits per heavy atom. The van der Waals surface area contributed by atoms with Crippen molar-refractivity contribution in [3.05, 3.63) is 5.82 Å². The van der Waals surface area contributed by atoms with E-state index in [1.54, 1.807) is 4.72 Å². The number of aromatic nitrogens is 3. The molecule has 78 valence electrons. The molecule has 1 heterocycles. The van der Waals surface area contributed by atoms with Gasteiger partial charge in [-0.3, -0.25) is 13.7 Å². The van der Waals surface area contributed by atoms with E-state index in [1.165, 1.54) is 18.8 Å². The first-order valence-electron chi connectivity index (χ1n) is 3.40. The summed E-state index contributed by atoms with van der Waals surface area (Å²) in [5.74, 6) is -1.18. The summed E-state index contributed by atoms with van der Waals surface area (Å²) >= 11 is -2.68. The maximum Gasteiger partial charge on any atom is 0.314 e. The van der Waals surface area contributed by atoms with Crippen molar-refractivity contribution in [2.45, 2.75) is 0 Å². The Kier molecular flexibility index (Phi) is 3.14. The molecule has 0 saturated carbocycles. The lowest BCUT2D eigenvalue weighted by atomic mass is 10.6. The molecule has 1 aromatic rings. The first-order chi connectivity index (χ1) is 6.54. The standard InChI is InChI=1S/C5H8N4O4S/c1-9-5(13-2)6-3(7-9)4(10)8-14(11)12/h1-2H3,(H,8,10)(H,11,12)/p-1. The Bertz CT molecular complexity index is 376. The second-order valence-electron chi connectivity index (χ2n) is 2.21. The number of aryl methyl sites for hydroxylation is 1. The molecule has 0 bridgehead atoms. The molecule has 1 atom stereocenters. The highest BCUT2D eigenvalue weighted by atomic mass is 32.2. The third kappa shape index (κ3) is 2.26. The van der Waals surface area contributed by atoms with Crippen LogP contribution in [0.5, 0.6) is 6.01 Å². The van der Waals surface area contributed by atoms with Crippen LogP contribution < -0.4 is 9.46 Å². The number of hydrogen-bond acceptors (Lipinski definition) is 6. The van der Waals surface area contributed by atoms with Crippen molar-refractivity contribution in [1.82, 2.24) is 19.5 Å². The highest BCUT2D eigenvalue weighted by molar-refractivity contribution is 7.77. The third-order valence-corrected chi connectivity index (χ3v) is 1.64. The molecule has 1 N–H and O–H groups in total. The fourth-order valence-corrected chi connectivity index (χ4v) is 1.01. The van der Waals surface area contributed by atoms with Gasteiger partial charge in [0.1, 0.15) is 0 Å². The second kappa shape index (κ2) is 4.15. The zero-order valence-corrected chi connectivity index (χ0v) is 8.20. The Morgan fingerprint density at radius 3 is 2.79 bits per heavy atom. The molecular formula is C5H7N4O4S-. The number of amides is 1. The minimum absolute atomic E-state index is 0.117. The molecule has 0 spiro atoms. The lowest BCUT2D eigenvalue weighted by Gasteiger charge is -2.02. The summed E-state index contributed by atoms with van der Waals surface area (Å²) in [5.41, 5.74) is 0. The van der Waals surface area contributed by atoms with E-state index in [4.69, 9.17) is 4.74 Å². The molecule has 0 radical (unpaired) electrons. The Morgan fingerprint density at radius 1 is 1.71 bits per heavy atom. The molecule has 0 aliphatic carbocycles. The number of rotatable bonds is 3. The van der Waals surface area contributed by atoms with E-state index in [2.05, 4.69) is 10.1 Å². The highest BCUT2D eigenvalue weighted by Crippen LogP contribution is 2.04. The fourth-order valence-electron chi connectivity index (χ4n) is 0.765. The molecule has 9 heteroatoms. The van der Waals surface area contributed by atoms with Crippen LogP contribution in [0.1, 0.15) is 10.6 Å². The number of carbonyl (C=O) groups excluding carboxylic acids is 1. The molecular weight excluding hydrogens is 212 g/mol. The minimum Gasteiger partial charge on any atom is -0.755 e. The molecule has 14 heavy (non-hydrogen) atoms. The van der Waals surface area contributed by atoms with Crippen LogP contribution in [0, 0.1) is 0 Å². The predicted molar refractivity (Wildman–Crippen MR) is 43.9 cm³/mol. The van der Waals surface area contributed by atoms with Crippen LogP contribution in [-0.4, -0.2) is 36.5 Å². The summed E-state index contributed by atoms with van der Waals surface area (Å²) in [7, 11) is 2.87. The van der Waals surface area contributed by atoms with Gasteiger partial charge in [0.15, 0.2) is 0 Å². The molecule has 0 aliphatic heterocycles. The molecule has 1 amide bonds. The summed E-state index contributed by atoms with van der Waals surface area (Å²) in [6, 6.07) is 0.117. The lowest BCUT2D eigenvalue weighted by Crippen LogP contribution is -2.26. The molecule has 0 fully saturated rings. The van der Waals surface area contributed by atoms with Crippen LogP contribution in [0.3, 0.4) is 0 Å². The normalized spacial score (nSPS) is 12.2. The van der Waals surface area contributed by atoms with Gasteiger partial charge in [-0.25, -0.2) is 4.68 Å². The van der Waals surface area contributed by atoms with Crippen molar-refractivity contribution in [3.63, 3.8) is 0 Å². The Balaban J connectivity index is 2.85. The van der Waals surface area contributed by atoms with Crippen molar-refractivity contribution in [1.29, 1.82) is 0 Å². The van der Waals surface area contributed by atoms with E-state index in [9.17, 15) is 13.6 Å². The van der Waals surface area contributed by atoms with Gasteiger partial charge in [-0.05, 0) is 0 Å². The average Bonchev–Trinajstić information content (AvgIpc) is 2.45. The molecule has 1 aromatic heterocycles. The average molecular weight is 219 g/mol. The van der Waals surface area contributed by atoms with Crippen LogP contribution in [0.4, 0.5) is 0 Å². The lowest BCUT2D eigenvalue weighted by molar-refractivity contribution is 0.0970. The summed E-state index contributed by atoms with van der Waals surface area (Å²) in [5, 5.41) is 3.63. The van der Waals surface area contributed by atoms with Crippen molar-refractivity contribution in [2.24, 2.45) is 7.05 Å². The molecule has 1 unspecified atom stereocenters. The summed E-state index contributed by atoms with van der Waals surface area (Å²) in [6.07, 6.45) is 0. The smallest absolute Gasteiger partial charge is 0.314 e. The summed E-state index contributed by atoms with van der Waals surface area (Å²) < 4.78 is 27.8. The van der Waals surface area contributed by atoms with Gasteiger partial charge in [0.05, 0.1) is 7.11 Å². The van der Waals surface area contributed by atoms with Crippen molar-refractivity contribution >= 4 is 17.2 Å². The number of carbonyl (C=O) groups is 1. The van der Waals surface area contributed by atoms with E-state index >= 15 is 0 Å². The van der Waals surface area contributed by atoms with Crippen molar-refractivity contribution in [3.8, 4) is 6.01 Å². The first kappa shape index (κ1) is 10.6. The minimum atomic E-state index is -2.68. The Labute approximate surface area is 81.7 Å². The molecule has 0 saturated heterocycles. The Hall–Kier alpha value is -1.48. The maximum atomic E-state index is 11.0. The zero-order chi connectivity index (χ0) is 10.7. The van der Waals surface area contributed by atoms with Crippen LogP contribution >= 0.6 is 0 Å². The van der Waals surface area contributed by atoms with E-state index in [0.29, 0.717) is 0 Å². The number of nitrogens with zero attached hydrogens (tertiary/aromatic N) is 3. The van der Waals surface area contributed by atoms with Gasteiger partial charge < -0.3 is 9.29 Å².